The fourth-order valence-electron chi connectivity index (χ4n) is 1.07. The number of nitrogens with zero attached hydrogens (tertiary/aromatic N) is 1. The summed E-state index contributed by atoms with van der Waals surface area (Å²) in [4.78, 5) is 15.2. The highest BCUT2D eigenvalue weighted by Crippen LogP contribution is 2.09. The SMILES string of the molecule is CC(C)NC(=O)CC1=CCC=N1. The number of hydrogen-bond donors (Lipinski definition) is 1. The molecule has 66 valence electrons. The number of aliphatic imine (C=N–C) groups is 1. The lowest BCUT2D eigenvalue weighted by molar-refractivity contribution is -0.120. The number of carbonyl (C=O) groups excluding carboxylic acids is 1. The molecule has 1 heterocycles. The lowest BCUT2D eigenvalue weighted by Crippen LogP contribution is -2.29. The van der Waals surface area contributed by atoms with Crippen molar-refractivity contribution in [1.29, 1.82) is 0 Å². The molecular weight excluding hydrogens is 152 g/mol. The van der Waals surface area contributed by atoms with Gasteiger partial charge >= 0.3 is 0 Å². The van der Waals surface area contributed by atoms with Gasteiger partial charge in [0.1, 0.15) is 0 Å². The van der Waals surface area contributed by atoms with E-state index in [0.29, 0.717) is 6.42 Å². The van der Waals surface area contributed by atoms with Gasteiger partial charge in [-0.25, -0.2) is 0 Å². The maximum Gasteiger partial charge on any atom is 0.226 e. The van der Waals surface area contributed by atoms with E-state index in [0.717, 1.165) is 12.1 Å². The van der Waals surface area contributed by atoms with E-state index in [1.807, 2.05) is 26.1 Å². The first kappa shape index (κ1) is 8.97. The van der Waals surface area contributed by atoms with Crippen LogP contribution in [0, 0.1) is 0 Å². The maximum absolute atomic E-state index is 11.2. The summed E-state index contributed by atoms with van der Waals surface area (Å²) in [7, 11) is 0. The molecule has 0 aromatic rings. The first-order valence-corrected chi connectivity index (χ1v) is 4.19. The molecule has 3 nitrogen and oxygen atoms in total. The summed E-state index contributed by atoms with van der Waals surface area (Å²) >= 11 is 0. The first-order valence-electron chi connectivity index (χ1n) is 4.19. The van der Waals surface area contributed by atoms with Gasteiger partial charge in [0.15, 0.2) is 0 Å². The largest absolute Gasteiger partial charge is 0.354 e. The number of rotatable bonds is 3. The molecule has 0 aromatic heterocycles. The van der Waals surface area contributed by atoms with Gasteiger partial charge in [-0.2, -0.15) is 0 Å². The lowest BCUT2D eigenvalue weighted by Gasteiger charge is -2.06. The minimum absolute atomic E-state index is 0.0512. The topological polar surface area (TPSA) is 41.5 Å². The molecule has 1 N–H and O–H groups in total. The van der Waals surface area contributed by atoms with Crippen LogP contribution in [0.25, 0.3) is 0 Å². The Morgan fingerprint density at radius 3 is 3.00 bits per heavy atom. The van der Waals surface area contributed by atoms with Gasteiger partial charge in [-0.1, -0.05) is 6.08 Å². The summed E-state index contributed by atoms with van der Waals surface area (Å²) in [5.74, 6) is 0.0512. The van der Waals surface area contributed by atoms with Gasteiger partial charge in [-0.3, -0.25) is 9.79 Å². The molecule has 0 fully saturated rings. The standard InChI is InChI=1S/C9H14N2O/c1-7(2)11-9(12)6-8-4-3-5-10-8/h4-5,7H,3,6H2,1-2H3,(H,11,12). The van der Waals surface area contributed by atoms with E-state index in [1.165, 1.54) is 0 Å². The highest BCUT2D eigenvalue weighted by atomic mass is 16.1. The van der Waals surface area contributed by atoms with Crippen LogP contribution < -0.4 is 5.32 Å². The molecule has 12 heavy (non-hydrogen) atoms. The Morgan fingerprint density at radius 2 is 2.50 bits per heavy atom. The van der Waals surface area contributed by atoms with E-state index in [-0.39, 0.29) is 11.9 Å². The number of allylic oxidation sites excluding steroid dienone is 1. The molecule has 1 aliphatic rings. The van der Waals surface area contributed by atoms with E-state index in [9.17, 15) is 4.79 Å². The lowest BCUT2D eigenvalue weighted by atomic mass is 10.2. The Morgan fingerprint density at radius 1 is 1.75 bits per heavy atom. The predicted octanol–water partition coefficient (Wildman–Crippen LogP) is 1.26. The molecule has 0 saturated carbocycles. The third-order valence-corrected chi connectivity index (χ3v) is 1.51. The molecule has 1 rings (SSSR count). The summed E-state index contributed by atoms with van der Waals surface area (Å²) in [6, 6.07) is 0.212. The minimum Gasteiger partial charge on any atom is -0.354 e. The Kier molecular flexibility index (Phi) is 3.02. The molecule has 0 bridgehead atoms. The van der Waals surface area contributed by atoms with Crippen LogP contribution in [0.3, 0.4) is 0 Å². The van der Waals surface area contributed by atoms with Crippen molar-refractivity contribution in [2.45, 2.75) is 32.7 Å². The van der Waals surface area contributed by atoms with Crippen LogP contribution in [-0.4, -0.2) is 18.2 Å². The molecule has 0 saturated heterocycles. The molecule has 3 heteroatoms. The minimum atomic E-state index is 0.0512. The summed E-state index contributed by atoms with van der Waals surface area (Å²) < 4.78 is 0. The van der Waals surface area contributed by atoms with Gasteiger partial charge in [0, 0.05) is 24.4 Å². The third-order valence-electron chi connectivity index (χ3n) is 1.51. The first-order chi connectivity index (χ1) is 5.68. The second-order valence-electron chi connectivity index (χ2n) is 3.14. The van der Waals surface area contributed by atoms with Crippen LogP contribution in [0.2, 0.25) is 0 Å². The van der Waals surface area contributed by atoms with Gasteiger partial charge < -0.3 is 5.32 Å². The number of carbonyl (C=O) groups is 1. The van der Waals surface area contributed by atoms with Crippen molar-refractivity contribution in [1.82, 2.24) is 5.32 Å². The van der Waals surface area contributed by atoms with Crippen LogP contribution in [0.5, 0.6) is 0 Å². The van der Waals surface area contributed by atoms with Crippen LogP contribution in [-0.2, 0) is 4.79 Å². The highest BCUT2D eigenvalue weighted by Gasteiger charge is 2.07. The van der Waals surface area contributed by atoms with E-state index >= 15 is 0 Å². The van der Waals surface area contributed by atoms with Crippen molar-refractivity contribution >= 4 is 12.1 Å². The highest BCUT2D eigenvalue weighted by molar-refractivity contribution is 5.80. The fraction of sp³-hybridized carbons (Fsp3) is 0.556. The van der Waals surface area contributed by atoms with Crippen molar-refractivity contribution in [3.05, 3.63) is 11.8 Å². The Balaban J connectivity index is 2.31. The molecule has 1 amide bonds. The molecular formula is C9H14N2O. The van der Waals surface area contributed by atoms with Gasteiger partial charge in [0.25, 0.3) is 0 Å². The van der Waals surface area contributed by atoms with Gasteiger partial charge in [0.2, 0.25) is 5.91 Å². The van der Waals surface area contributed by atoms with Gasteiger partial charge in [0.05, 0.1) is 6.42 Å². The van der Waals surface area contributed by atoms with Crippen LogP contribution in [0.4, 0.5) is 0 Å². The summed E-state index contributed by atoms with van der Waals surface area (Å²) in [6.45, 7) is 3.90. The Bertz CT molecular complexity index is 229. The Hall–Kier alpha value is -1.12. The summed E-state index contributed by atoms with van der Waals surface area (Å²) in [5, 5.41) is 2.82. The molecule has 0 radical (unpaired) electrons. The Labute approximate surface area is 72.6 Å². The van der Waals surface area contributed by atoms with E-state index in [4.69, 9.17) is 0 Å². The average molecular weight is 166 g/mol. The zero-order valence-corrected chi connectivity index (χ0v) is 7.50. The van der Waals surface area contributed by atoms with Crippen molar-refractivity contribution in [3.8, 4) is 0 Å². The quantitative estimate of drug-likeness (QED) is 0.673. The molecule has 0 aliphatic carbocycles. The number of nitrogens with one attached hydrogen (secondary N) is 1. The average Bonchev–Trinajstić information content (AvgIpc) is 2.37. The molecule has 0 spiro atoms. The molecule has 0 aromatic carbocycles. The monoisotopic (exact) mass is 166 g/mol. The smallest absolute Gasteiger partial charge is 0.226 e. The molecule has 0 atom stereocenters. The maximum atomic E-state index is 11.2. The number of hydrogen-bond acceptors (Lipinski definition) is 2. The molecule has 0 unspecified atom stereocenters. The second-order valence-corrected chi connectivity index (χ2v) is 3.14. The van der Waals surface area contributed by atoms with Crippen molar-refractivity contribution < 1.29 is 4.79 Å². The second kappa shape index (κ2) is 4.04. The van der Waals surface area contributed by atoms with E-state index in [1.54, 1.807) is 0 Å². The predicted molar refractivity (Wildman–Crippen MR) is 49.1 cm³/mol. The van der Waals surface area contributed by atoms with Gasteiger partial charge in [-0.15, -0.1) is 0 Å². The molecule has 1 aliphatic heterocycles. The van der Waals surface area contributed by atoms with Crippen molar-refractivity contribution in [2.24, 2.45) is 4.99 Å². The number of amides is 1. The third kappa shape index (κ3) is 2.86. The van der Waals surface area contributed by atoms with Crippen LogP contribution in [0.1, 0.15) is 26.7 Å². The summed E-state index contributed by atoms with van der Waals surface area (Å²) in [6.07, 6.45) is 5.07. The van der Waals surface area contributed by atoms with E-state index in [2.05, 4.69) is 10.3 Å². The zero-order valence-electron chi connectivity index (χ0n) is 7.50. The van der Waals surface area contributed by atoms with Crippen molar-refractivity contribution in [2.75, 3.05) is 0 Å². The van der Waals surface area contributed by atoms with E-state index < -0.39 is 0 Å². The van der Waals surface area contributed by atoms with Crippen LogP contribution >= 0.6 is 0 Å². The van der Waals surface area contributed by atoms with Gasteiger partial charge in [-0.05, 0) is 13.8 Å². The zero-order chi connectivity index (χ0) is 8.97. The van der Waals surface area contributed by atoms with Crippen molar-refractivity contribution in [3.63, 3.8) is 0 Å². The van der Waals surface area contributed by atoms with Crippen LogP contribution in [0.15, 0.2) is 16.8 Å². The normalized spacial score (nSPS) is 15.1. The fourth-order valence-corrected chi connectivity index (χ4v) is 1.07. The summed E-state index contributed by atoms with van der Waals surface area (Å²) in [5.41, 5.74) is 0.883.